The average molecular weight is 369 g/mol. The van der Waals surface area contributed by atoms with Crippen molar-refractivity contribution in [2.75, 3.05) is 20.1 Å². The van der Waals surface area contributed by atoms with Crippen LogP contribution in [0.25, 0.3) is 0 Å². The Balaban J connectivity index is 3.11. The first-order valence-electron chi connectivity index (χ1n) is 11.6. The third-order valence-corrected chi connectivity index (χ3v) is 5.11. The first-order valence-corrected chi connectivity index (χ1v) is 11.6. The number of nitrogens with one attached hydrogen (secondary N) is 2. The van der Waals surface area contributed by atoms with E-state index in [-0.39, 0.29) is 5.91 Å². The predicted octanol–water partition coefficient (Wildman–Crippen LogP) is 6.22. The van der Waals surface area contributed by atoms with E-state index in [9.17, 15) is 4.79 Å². The van der Waals surface area contributed by atoms with E-state index in [0.717, 1.165) is 38.3 Å². The lowest BCUT2D eigenvalue weighted by Crippen LogP contribution is -2.24. The van der Waals surface area contributed by atoms with Crippen LogP contribution in [0.5, 0.6) is 0 Å². The molecule has 0 radical (unpaired) electrons. The Bertz CT molecular complexity index is 292. The van der Waals surface area contributed by atoms with Crippen molar-refractivity contribution >= 4 is 5.91 Å². The van der Waals surface area contributed by atoms with Gasteiger partial charge in [-0.2, -0.15) is 0 Å². The second-order valence-electron chi connectivity index (χ2n) is 8.34. The van der Waals surface area contributed by atoms with Crippen molar-refractivity contribution in [3.63, 3.8) is 0 Å². The average Bonchev–Trinajstić information content (AvgIpc) is 2.61. The van der Waals surface area contributed by atoms with Crippen LogP contribution in [0.1, 0.15) is 117 Å². The van der Waals surface area contributed by atoms with Gasteiger partial charge in [0, 0.05) is 13.0 Å². The number of rotatable bonds is 20. The number of carbonyl (C=O) groups excluding carboxylic acids is 1. The summed E-state index contributed by atoms with van der Waals surface area (Å²) >= 11 is 0. The highest BCUT2D eigenvalue weighted by atomic mass is 16.1. The molecule has 0 aliphatic rings. The van der Waals surface area contributed by atoms with Crippen LogP contribution in [0, 0.1) is 5.92 Å². The van der Waals surface area contributed by atoms with E-state index in [1.807, 2.05) is 7.05 Å². The largest absolute Gasteiger partial charge is 0.356 e. The van der Waals surface area contributed by atoms with Gasteiger partial charge in [-0.3, -0.25) is 4.79 Å². The molecular formula is C23H48N2O. The van der Waals surface area contributed by atoms with Crippen molar-refractivity contribution in [2.24, 2.45) is 5.92 Å². The number of carbonyl (C=O) groups is 1. The molecule has 0 spiro atoms. The third kappa shape index (κ3) is 21.5. The normalized spacial score (nSPS) is 11.2. The second kappa shape index (κ2) is 20.7. The van der Waals surface area contributed by atoms with Gasteiger partial charge in [0.2, 0.25) is 5.91 Å². The number of hydrogen-bond acceptors (Lipinski definition) is 2. The van der Waals surface area contributed by atoms with Crippen LogP contribution in [-0.4, -0.2) is 26.0 Å². The Morgan fingerprint density at radius 1 is 0.654 bits per heavy atom. The summed E-state index contributed by atoms with van der Waals surface area (Å²) in [4.78, 5) is 11.7. The molecule has 0 aromatic heterocycles. The fourth-order valence-corrected chi connectivity index (χ4v) is 3.35. The minimum Gasteiger partial charge on any atom is -0.356 e. The molecule has 0 saturated carbocycles. The van der Waals surface area contributed by atoms with Gasteiger partial charge in [-0.25, -0.2) is 0 Å². The van der Waals surface area contributed by atoms with Gasteiger partial charge in [0.15, 0.2) is 0 Å². The van der Waals surface area contributed by atoms with Crippen LogP contribution >= 0.6 is 0 Å². The van der Waals surface area contributed by atoms with Gasteiger partial charge in [-0.05, 0) is 38.8 Å². The van der Waals surface area contributed by atoms with Crippen LogP contribution in [0.2, 0.25) is 0 Å². The summed E-state index contributed by atoms with van der Waals surface area (Å²) < 4.78 is 0. The summed E-state index contributed by atoms with van der Waals surface area (Å²) in [5.41, 5.74) is 0. The highest BCUT2D eigenvalue weighted by Gasteiger charge is 2.00. The summed E-state index contributed by atoms with van der Waals surface area (Å²) in [6, 6.07) is 0. The number of unbranched alkanes of at least 4 members (excludes halogenated alkanes) is 12. The zero-order valence-corrected chi connectivity index (χ0v) is 18.2. The number of hydrogen-bond donors (Lipinski definition) is 2. The van der Waals surface area contributed by atoms with Crippen molar-refractivity contribution in [3.05, 3.63) is 0 Å². The predicted molar refractivity (Wildman–Crippen MR) is 116 cm³/mol. The van der Waals surface area contributed by atoms with Gasteiger partial charge < -0.3 is 10.6 Å². The summed E-state index contributed by atoms with van der Waals surface area (Å²) in [6.07, 6.45) is 20.6. The van der Waals surface area contributed by atoms with Crippen LogP contribution in [-0.2, 0) is 4.79 Å². The smallest absolute Gasteiger partial charge is 0.219 e. The van der Waals surface area contributed by atoms with E-state index in [2.05, 4.69) is 24.5 Å². The van der Waals surface area contributed by atoms with E-state index >= 15 is 0 Å². The van der Waals surface area contributed by atoms with Crippen molar-refractivity contribution in [2.45, 2.75) is 117 Å². The molecule has 0 heterocycles. The molecule has 2 N–H and O–H groups in total. The summed E-state index contributed by atoms with van der Waals surface area (Å²) in [6.45, 7) is 6.51. The van der Waals surface area contributed by atoms with E-state index < -0.39 is 0 Å². The Hall–Kier alpha value is -0.570. The summed E-state index contributed by atoms with van der Waals surface area (Å²) in [7, 11) is 1.97. The first-order chi connectivity index (χ1) is 12.7. The number of amides is 1. The maximum absolute atomic E-state index is 11.7. The molecule has 0 saturated heterocycles. The van der Waals surface area contributed by atoms with Crippen molar-refractivity contribution < 1.29 is 4.79 Å². The molecule has 0 fully saturated rings. The van der Waals surface area contributed by atoms with E-state index in [1.54, 1.807) is 0 Å². The molecule has 0 bridgehead atoms. The minimum absolute atomic E-state index is 0.239. The van der Waals surface area contributed by atoms with Crippen LogP contribution in [0.15, 0.2) is 0 Å². The SMILES string of the molecule is CNCCCCNC(=O)CCCCCCCCCCCCCCC(C)C. The molecule has 0 aromatic carbocycles. The molecule has 3 nitrogen and oxygen atoms in total. The van der Waals surface area contributed by atoms with Crippen molar-refractivity contribution in [1.82, 2.24) is 10.6 Å². The van der Waals surface area contributed by atoms with E-state index in [4.69, 9.17) is 0 Å². The minimum atomic E-state index is 0.239. The molecule has 0 aromatic rings. The van der Waals surface area contributed by atoms with Crippen molar-refractivity contribution in [1.29, 1.82) is 0 Å². The third-order valence-electron chi connectivity index (χ3n) is 5.11. The quantitative estimate of drug-likeness (QED) is 0.250. The fraction of sp³-hybridized carbons (Fsp3) is 0.957. The molecular weight excluding hydrogens is 320 g/mol. The molecule has 156 valence electrons. The second-order valence-corrected chi connectivity index (χ2v) is 8.34. The highest BCUT2D eigenvalue weighted by Crippen LogP contribution is 2.14. The van der Waals surface area contributed by atoms with E-state index in [0.29, 0.717) is 6.42 Å². The zero-order chi connectivity index (χ0) is 19.3. The molecule has 0 rings (SSSR count). The summed E-state index contributed by atoms with van der Waals surface area (Å²) in [5.74, 6) is 1.11. The van der Waals surface area contributed by atoms with Crippen LogP contribution < -0.4 is 10.6 Å². The Kier molecular flexibility index (Phi) is 20.3. The Morgan fingerprint density at radius 3 is 1.62 bits per heavy atom. The molecule has 3 heteroatoms. The van der Waals surface area contributed by atoms with Gasteiger partial charge in [-0.15, -0.1) is 0 Å². The lowest BCUT2D eigenvalue weighted by molar-refractivity contribution is -0.121. The lowest BCUT2D eigenvalue weighted by Gasteiger charge is -2.06. The standard InChI is InChI=1S/C23H48N2O/c1-22(2)18-14-12-10-8-6-4-5-7-9-11-13-15-19-23(26)25-21-17-16-20-24-3/h22,24H,4-21H2,1-3H3,(H,25,26). The monoisotopic (exact) mass is 368 g/mol. The lowest BCUT2D eigenvalue weighted by atomic mass is 10.0. The fourth-order valence-electron chi connectivity index (χ4n) is 3.35. The van der Waals surface area contributed by atoms with Gasteiger partial charge in [0.05, 0.1) is 0 Å². The first kappa shape index (κ1) is 25.4. The molecule has 26 heavy (non-hydrogen) atoms. The van der Waals surface area contributed by atoms with Crippen LogP contribution in [0.3, 0.4) is 0 Å². The Morgan fingerprint density at radius 2 is 1.12 bits per heavy atom. The highest BCUT2D eigenvalue weighted by molar-refractivity contribution is 5.75. The van der Waals surface area contributed by atoms with Crippen molar-refractivity contribution in [3.8, 4) is 0 Å². The van der Waals surface area contributed by atoms with Gasteiger partial charge >= 0.3 is 0 Å². The topological polar surface area (TPSA) is 41.1 Å². The van der Waals surface area contributed by atoms with E-state index in [1.165, 1.54) is 77.0 Å². The Labute approximate surface area is 164 Å². The van der Waals surface area contributed by atoms with Gasteiger partial charge in [0.1, 0.15) is 0 Å². The van der Waals surface area contributed by atoms with Gasteiger partial charge in [0.25, 0.3) is 0 Å². The molecule has 0 unspecified atom stereocenters. The molecule has 0 aliphatic heterocycles. The molecule has 0 atom stereocenters. The maximum Gasteiger partial charge on any atom is 0.219 e. The maximum atomic E-state index is 11.7. The van der Waals surface area contributed by atoms with Crippen LogP contribution in [0.4, 0.5) is 0 Å². The molecule has 0 aliphatic carbocycles. The summed E-state index contributed by atoms with van der Waals surface area (Å²) in [5, 5.41) is 6.15. The van der Waals surface area contributed by atoms with Gasteiger partial charge in [-0.1, -0.05) is 90.9 Å². The molecule has 1 amide bonds. The zero-order valence-electron chi connectivity index (χ0n) is 18.2.